The highest BCUT2D eigenvalue weighted by molar-refractivity contribution is 5.81. The molecule has 1 heterocycles. The van der Waals surface area contributed by atoms with Crippen LogP contribution in [0.5, 0.6) is 5.75 Å². The average Bonchev–Trinajstić information content (AvgIpc) is 2.64. The van der Waals surface area contributed by atoms with Gasteiger partial charge >= 0.3 is 0 Å². The molecule has 0 aliphatic heterocycles. The fourth-order valence-corrected chi connectivity index (χ4v) is 2.93. The lowest BCUT2D eigenvalue weighted by Crippen LogP contribution is -2.35. The summed E-state index contributed by atoms with van der Waals surface area (Å²) in [6.45, 7) is 3.73. The molecule has 0 saturated carbocycles. The van der Waals surface area contributed by atoms with Gasteiger partial charge in [-0.05, 0) is 26.0 Å². The van der Waals surface area contributed by atoms with Gasteiger partial charge in [-0.25, -0.2) is 4.68 Å². The number of methoxy groups -OCH3 is 1. The van der Waals surface area contributed by atoms with E-state index in [2.05, 4.69) is 10.4 Å². The lowest BCUT2D eigenvalue weighted by molar-refractivity contribution is -0.122. The van der Waals surface area contributed by atoms with Crippen molar-refractivity contribution in [2.24, 2.45) is 0 Å². The quantitative estimate of drug-likeness (QED) is 0.767. The van der Waals surface area contributed by atoms with Crippen LogP contribution in [-0.4, -0.2) is 22.8 Å². The number of amides is 1. The van der Waals surface area contributed by atoms with Crippen molar-refractivity contribution in [3.8, 4) is 5.75 Å². The van der Waals surface area contributed by atoms with Crippen molar-refractivity contribution >= 4 is 16.7 Å². The minimum atomic E-state index is -0.286. The molecule has 1 unspecified atom stereocenters. The maximum atomic E-state index is 12.5. The summed E-state index contributed by atoms with van der Waals surface area (Å²) in [6.07, 6.45) is 1.59. The molecule has 1 aromatic heterocycles. The average molecular weight is 351 g/mol. The number of benzene rings is 2. The predicted octanol–water partition coefficient (Wildman–Crippen LogP) is 2.59. The van der Waals surface area contributed by atoms with E-state index in [1.807, 2.05) is 44.2 Å². The van der Waals surface area contributed by atoms with Crippen LogP contribution in [0.2, 0.25) is 0 Å². The zero-order valence-corrected chi connectivity index (χ0v) is 15.0. The first-order valence-electron chi connectivity index (χ1n) is 8.38. The number of hydrogen-bond donors (Lipinski definition) is 1. The second-order valence-electron chi connectivity index (χ2n) is 6.23. The number of nitrogens with one attached hydrogen (secondary N) is 1. The van der Waals surface area contributed by atoms with Crippen LogP contribution >= 0.6 is 0 Å². The maximum absolute atomic E-state index is 12.5. The van der Waals surface area contributed by atoms with Gasteiger partial charge in [-0.15, -0.1) is 0 Å². The molecule has 0 radical (unpaired) electrons. The van der Waals surface area contributed by atoms with Crippen molar-refractivity contribution in [1.29, 1.82) is 0 Å². The van der Waals surface area contributed by atoms with Crippen LogP contribution in [0.1, 0.15) is 24.1 Å². The molecule has 1 N–H and O–H groups in total. The molecule has 0 aliphatic rings. The molecule has 0 bridgehead atoms. The van der Waals surface area contributed by atoms with Gasteiger partial charge in [0.1, 0.15) is 12.3 Å². The van der Waals surface area contributed by atoms with Gasteiger partial charge in [0.05, 0.1) is 24.7 Å². The third-order valence-corrected chi connectivity index (χ3v) is 4.28. The van der Waals surface area contributed by atoms with Crippen LogP contribution in [0, 0.1) is 6.92 Å². The lowest BCUT2D eigenvalue weighted by Gasteiger charge is -2.18. The van der Waals surface area contributed by atoms with E-state index in [0.717, 1.165) is 16.5 Å². The SMILES string of the molecule is COc1ccc(C)cc1C(C)NC(=O)Cn1ncc2ccccc2c1=O. The largest absolute Gasteiger partial charge is 0.496 e. The number of fused-ring (bicyclic) bond motifs is 1. The Morgan fingerprint density at radius 2 is 2.04 bits per heavy atom. The molecule has 0 aliphatic carbocycles. The predicted molar refractivity (Wildman–Crippen MR) is 100 cm³/mol. The Hall–Kier alpha value is -3.15. The van der Waals surface area contributed by atoms with E-state index < -0.39 is 0 Å². The van der Waals surface area contributed by atoms with E-state index in [1.54, 1.807) is 25.4 Å². The first-order chi connectivity index (χ1) is 12.5. The van der Waals surface area contributed by atoms with Gasteiger partial charge in [-0.2, -0.15) is 5.10 Å². The van der Waals surface area contributed by atoms with Crippen LogP contribution in [0.15, 0.2) is 53.5 Å². The normalized spacial score (nSPS) is 12.0. The summed E-state index contributed by atoms with van der Waals surface area (Å²) < 4.78 is 6.55. The molecule has 0 saturated heterocycles. The molecular formula is C20H21N3O3. The molecule has 26 heavy (non-hydrogen) atoms. The minimum absolute atomic E-state index is 0.137. The first kappa shape index (κ1) is 17.7. The number of aromatic nitrogens is 2. The zero-order chi connectivity index (χ0) is 18.7. The molecular weight excluding hydrogens is 330 g/mol. The van der Waals surface area contributed by atoms with Gasteiger partial charge in [0.2, 0.25) is 5.91 Å². The Balaban J connectivity index is 1.78. The fraction of sp³-hybridized carbons (Fsp3) is 0.250. The summed E-state index contributed by atoms with van der Waals surface area (Å²) in [5.74, 6) is 0.426. The molecule has 1 atom stereocenters. The summed E-state index contributed by atoms with van der Waals surface area (Å²) in [5, 5.41) is 8.30. The lowest BCUT2D eigenvalue weighted by atomic mass is 10.0. The topological polar surface area (TPSA) is 73.2 Å². The number of carbonyl (C=O) groups is 1. The van der Waals surface area contributed by atoms with Gasteiger partial charge in [0, 0.05) is 10.9 Å². The zero-order valence-electron chi connectivity index (χ0n) is 15.0. The standard InChI is InChI=1S/C20H21N3O3/c1-13-8-9-18(26-3)17(10-13)14(2)22-19(24)12-23-20(25)16-7-5-4-6-15(16)11-21-23/h4-11,14H,12H2,1-3H3,(H,22,24). The monoisotopic (exact) mass is 351 g/mol. The Morgan fingerprint density at radius 3 is 2.81 bits per heavy atom. The summed E-state index contributed by atoms with van der Waals surface area (Å²) in [7, 11) is 1.60. The number of rotatable bonds is 5. The van der Waals surface area contributed by atoms with Crippen molar-refractivity contribution in [1.82, 2.24) is 15.1 Å². The molecule has 1 amide bonds. The first-order valence-corrected chi connectivity index (χ1v) is 8.38. The van der Waals surface area contributed by atoms with Gasteiger partial charge in [-0.1, -0.05) is 35.9 Å². The highest BCUT2D eigenvalue weighted by Gasteiger charge is 2.15. The fourth-order valence-electron chi connectivity index (χ4n) is 2.93. The Morgan fingerprint density at radius 1 is 1.27 bits per heavy atom. The van der Waals surface area contributed by atoms with Crippen LogP contribution in [0.25, 0.3) is 10.8 Å². The molecule has 3 rings (SSSR count). The molecule has 6 heteroatoms. The number of ether oxygens (including phenoxy) is 1. The molecule has 2 aromatic carbocycles. The van der Waals surface area contributed by atoms with E-state index in [9.17, 15) is 9.59 Å². The van der Waals surface area contributed by atoms with Gasteiger partial charge in [0.25, 0.3) is 5.56 Å². The van der Waals surface area contributed by atoms with Crippen molar-refractivity contribution in [3.63, 3.8) is 0 Å². The van der Waals surface area contributed by atoms with E-state index in [4.69, 9.17) is 4.74 Å². The second kappa shape index (κ2) is 7.39. The summed E-state index contributed by atoms with van der Waals surface area (Å²) in [4.78, 5) is 24.9. The summed E-state index contributed by atoms with van der Waals surface area (Å²) in [6, 6.07) is 12.7. The van der Waals surface area contributed by atoms with Gasteiger partial charge < -0.3 is 10.1 Å². The minimum Gasteiger partial charge on any atom is -0.496 e. The van der Waals surface area contributed by atoms with Crippen LogP contribution in [-0.2, 0) is 11.3 Å². The second-order valence-corrected chi connectivity index (χ2v) is 6.23. The Labute approximate surface area is 151 Å². The summed E-state index contributed by atoms with van der Waals surface area (Å²) in [5.41, 5.74) is 1.69. The van der Waals surface area contributed by atoms with E-state index >= 15 is 0 Å². The number of carbonyl (C=O) groups excluding carboxylic acids is 1. The third-order valence-electron chi connectivity index (χ3n) is 4.28. The highest BCUT2D eigenvalue weighted by atomic mass is 16.5. The molecule has 3 aromatic rings. The van der Waals surface area contributed by atoms with E-state index in [-0.39, 0.29) is 24.1 Å². The Bertz CT molecular complexity index is 1010. The van der Waals surface area contributed by atoms with Gasteiger partial charge in [0.15, 0.2) is 0 Å². The highest BCUT2D eigenvalue weighted by Crippen LogP contribution is 2.25. The smallest absolute Gasteiger partial charge is 0.275 e. The van der Waals surface area contributed by atoms with E-state index in [1.165, 1.54) is 4.68 Å². The van der Waals surface area contributed by atoms with Crippen molar-refractivity contribution < 1.29 is 9.53 Å². The Kier molecular flexibility index (Phi) is 5.02. The van der Waals surface area contributed by atoms with Crippen molar-refractivity contribution in [2.45, 2.75) is 26.4 Å². The van der Waals surface area contributed by atoms with Crippen LogP contribution < -0.4 is 15.6 Å². The van der Waals surface area contributed by atoms with Crippen molar-refractivity contribution in [2.75, 3.05) is 7.11 Å². The number of nitrogens with zero attached hydrogens (tertiary/aromatic N) is 2. The summed E-state index contributed by atoms with van der Waals surface area (Å²) >= 11 is 0. The molecule has 0 spiro atoms. The van der Waals surface area contributed by atoms with Crippen molar-refractivity contribution in [3.05, 3.63) is 70.1 Å². The van der Waals surface area contributed by atoms with Crippen LogP contribution in [0.4, 0.5) is 0 Å². The number of hydrogen-bond acceptors (Lipinski definition) is 4. The third kappa shape index (κ3) is 3.59. The van der Waals surface area contributed by atoms with E-state index in [0.29, 0.717) is 11.1 Å². The molecule has 134 valence electrons. The van der Waals surface area contributed by atoms with Crippen LogP contribution in [0.3, 0.4) is 0 Å². The number of aryl methyl sites for hydroxylation is 1. The molecule has 0 fully saturated rings. The molecule has 6 nitrogen and oxygen atoms in total. The van der Waals surface area contributed by atoms with Gasteiger partial charge in [-0.3, -0.25) is 9.59 Å². The maximum Gasteiger partial charge on any atom is 0.275 e.